The molecule has 0 unspecified atom stereocenters. The van der Waals surface area contributed by atoms with Gasteiger partial charge in [-0.05, 0) is 20.3 Å². The van der Waals surface area contributed by atoms with Gasteiger partial charge in [0.1, 0.15) is 0 Å². The van der Waals surface area contributed by atoms with Gasteiger partial charge in [0.2, 0.25) is 0 Å². The maximum absolute atomic E-state index is 12.0. The Balaban J connectivity index is 2.74. The molecule has 1 heterocycles. The molecule has 0 aromatic rings. The van der Waals surface area contributed by atoms with Crippen LogP contribution >= 0.6 is 0 Å². The van der Waals surface area contributed by atoms with E-state index in [2.05, 4.69) is 18.7 Å². The number of Topliss-reactive ketones (excluding diaryl/α,β-unsaturated/α-hetero) is 1. The van der Waals surface area contributed by atoms with E-state index in [1.54, 1.807) is 0 Å². The molecule has 0 aliphatic carbocycles. The maximum Gasteiger partial charge on any atom is 0.154 e. The Morgan fingerprint density at radius 2 is 2.00 bits per heavy atom. The van der Waals surface area contributed by atoms with Gasteiger partial charge >= 0.3 is 0 Å². The fraction of sp³-hybridized carbons (Fsp3) is 0.917. The Bertz CT molecular complexity index is 214. The molecule has 0 amide bonds. The minimum atomic E-state index is -0.0347. The average Bonchev–Trinajstić information content (AvgIpc) is 2.40. The standard InChI is InChI=1S/C12H23NO2/c1-9(2)12(14)11-8-15-7-5-6-13(11)10(3)4/h9-11H,5-8H2,1-4H3/t11-/m0/s1. The molecule has 3 nitrogen and oxygen atoms in total. The maximum atomic E-state index is 12.0. The van der Waals surface area contributed by atoms with Crippen LogP contribution in [-0.2, 0) is 9.53 Å². The lowest BCUT2D eigenvalue weighted by atomic mass is 10.00. The number of hydrogen-bond donors (Lipinski definition) is 0. The average molecular weight is 213 g/mol. The van der Waals surface area contributed by atoms with Gasteiger partial charge in [0.25, 0.3) is 0 Å². The first-order valence-electron chi connectivity index (χ1n) is 5.91. The molecule has 0 aromatic heterocycles. The fourth-order valence-electron chi connectivity index (χ4n) is 2.04. The molecule has 1 saturated heterocycles. The molecule has 1 atom stereocenters. The first-order valence-corrected chi connectivity index (χ1v) is 5.91. The second-order valence-corrected chi connectivity index (χ2v) is 4.83. The highest BCUT2D eigenvalue weighted by Gasteiger charge is 2.30. The Morgan fingerprint density at radius 1 is 1.33 bits per heavy atom. The summed E-state index contributed by atoms with van der Waals surface area (Å²) in [5.41, 5.74) is 0. The minimum absolute atomic E-state index is 0.0347. The Morgan fingerprint density at radius 3 is 2.53 bits per heavy atom. The van der Waals surface area contributed by atoms with Crippen molar-refractivity contribution in [2.75, 3.05) is 19.8 Å². The molecule has 0 radical (unpaired) electrons. The van der Waals surface area contributed by atoms with E-state index in [9.17, 15) is 4.79 Å². The van der Waals surface area contributed by atoms with E-state index >= 15 is 0 Å². The normalized spacial score (nSPS) is 24.5. The summed E-state index contributed by atoms with van der Waals surface area (Å²) < 4.78 is 5.50. The predicted molar refractivity (Wildman–Crippen MR) is 60.9 cm³/mol. The van der Waals surface area contributed by atoms with E-state index in [-0.39, 0.29) is 12.0 Å². The number of hydrogen-bond acceptors (Lipinski definition) is 3. The molecule has 15 heavy (non-hydrogen) atoms. The van der Waals surface area contributed by atoms with Crippen molar-refractivity contribution in [3.63, 3.8) is 0 Å². The van der Waals surface area contributed by atoms with E-state index < -0.39 is 0 Å². The molecule has 0 saturated carbocycles. The molecule has 0 spiro atoms. The summed E-state index contributed by atoms with van der Waals surface area (Å²) in [5, 5.41) is 0. The summed E-state index contributed by atoms with van der Waals surface area (Å²) in [6, 6.07) is 0.381. The van der Waals surface area contributed by atoms with E-state index in [0.717, 1.165) is 19.6 Å². The van der Waals surface area contributed by atoms with Crippen LogP contribution in [0.5, 0.6) is 0 Å². The van der Waals surface area contributed by atoms with Gasteiger partial charge in [0.15, 0.2) is 5.78 Å². The van der Waals surface area contributed by atoms with Gasteiger partial charge in [-0.15, -0.1) is 0 Å². The SMILES string of the molecule is CC(C)C(=O)[C@@H]1COCCCN1C(C)C. The lowest BCUT2D eigenvalue weighted by Gasteiger charge is -2.32. The van der Waals surface area contributed by atoms with E-state index in [1.807, 2.05) is 13.8 Å². The second-order valence-electron chi connectivity index (χ2n) is 4.83. The predicted octanol–water partition coefficient (Wildman–Crippen LogP) is 1.71. The number of ketones is 1. The van der Waals surface area contributed by atoms with E-state index in [4.69, 9.17) is 4.74 Å². The third kappa shape index (κ3) is 3.28. The lowest BCUT2D eigenvalue weighted by molar-refractivity contribution is -0.129. The smallest absolute Gasteiger partial charge is 0.154 e. The van der Waals surface area contributed by atoms with Crippen LogP contribution in [-0.4, -0.2) is 42.5 Å². The second kappa shape index (κ2) is 5.61. The minimum Gasteiger partial charge on any atom is -0.379 e. The topological polar surface area (TPSA) is 29.5 Å². The largest absolute Gasteiger partial charge is 0.379 e. The molecule has 88 valence electrons. The highest BCUT2D eigenvalue weighted by molar-refractivity contribution is 5.85. The number of rotatable bonds is 3. The zero-order chi connectivity index (χ0) is 11.4. The van der Waals surface area contributed by atoms with Crippen molar-refractivity contribution in [2.45, 2.75) is 46.2 Å². The van der Waals surface area contributed by atoms with Crippen molar-refractivity contribution in [3.05, 3.63) is 0 Å². The van der Waals surface area contributed by atoms with Crippen LogP contribution in [0.4, 0.5) is 0 Å². The number of nitrogens with zero attached hydrogens (tertiary/aromatic N) is 1. The van der Waals surface area contributed by atoms with Crippen molar-refractivity contribution in [1.29, 1.82) is 0 Å². The summed E-state index contributed by atoms with van der Waals surface area (Å²) in [7, 11) is 0. The third-order valence-electron chi connectivity index (χ3n) is 2.94. The van der Waals surface area contributed by atoms with Crippen molar-refractivity contribution in [3.8, 4) is 0 Å². The van der Waals surface area contributed by atoms with Gasteiger partial charge < -0.3 is 4.74 Å². The van der Waals surface area contributed by atoms with Crippen molar-refractivity contribution >= 4 is 5.78 Å². The van der Waals surface area contributed by atoms with Gasteiger partial charge in [-0.3, -0.25) is 9.69 Å². The Labute approximate surface area is 92.8 Å². The summed E-state index contributed by atoms with van der Waals surface area (Å²) in [5.74, 6) is 0.406. The molecule has 1 aliphatic heterocycles. The van der Waals surface area contributed by atoms with Crippen LogP contribution in [0.3, 0.4) is 0 Å². The van der Waals surface area contributed by atoms with Gasteiger partial charge in [0, 0.05) is 25.1 Å². The lowest BCUT2D eigenvalue weighted by Crippen LogP contribution is -2.48. The monoisotopic (exact) mass is 213 g/mol. The number of carbonyl (C=O) groups is 1. The van der Waals surface area contributed by atoms with Crippen molar-refractivity contribution < 1.29 is 9.53 Å². The van der Waals surface area contributed by atoms with Crippen LogP contribution < -0.4 is 0 Å². The Hall–Kier alpha value is -0.410. The zero-order valence-corrected chi connectivity index (χ0v) is 10.3. The summed E-state index contributed by atoms with van der Waals surface area (Å²) in [4.78, 5) is 14.3. The van der Waals surface area contributed by atoms with Gasteiger partial charge in [0.05, 0.1) is 12.6 Å². The van der Waals surface area contributed by atoms with Crippen LogP contribution in [0, 0.1) is 5.92 Å². The van der Waals surface area contributed by atoms with Gasteiger partial charge in [-0.1, -0.05) is 13.8 Å². The number of ether oxygens (including phenoxy) is 1. The zero-order valence-electron chi connectivity index (χ0n) is 10.3. The third-order valence-corrected chi connectivity index (χ3v) is 2.94. The fourth-order valence-corrected chi connectivity index (χ4v) is 2.04. The first kappa shape index (κ1) is 12.7. The molecule has 1 rings (SSSR count). The summed E-state index contributed by atoms with van der Waals surface area (Å²) >= 11 is 0. The van der Waals surface area contributed by atoms with Gasteiger partial charge in [-0.25, -0.2) is 0 Å². The Kier molecular flexibility index (Phi) is 4.74. The summed E-state index contributed by atoms with van der Waals surface area (Å²) in [6.45, 7) is 10.5. The molecule has 0 N–H and O–H groups in total. The molecule has 0 bridgehead atoms. The van der Waals surface area contributed by atoms with Crippen molar-refractivity contribution in [1.82, 2.24) is 4.90 Å². The van der Waals surface area contributed by atoms with Gasteiger partial charge in [-0.2, -0.15) is 0 Å². The highest BCUT2D eigenvalue weighted by atomic mass is 16.5. The van der Waals surface area contributed by atoms with Crippen molar-refractivity contribution in [2.24, 2.45) is 5.92 Å². The van der Waals surface area contributed by atoms with Crippen LogP contribution in [0.1, 0.15) is 34.1 Å². The number of carbonyl (C=O) groups excluding carboxylic acids is 1. The molecular weight excluding hydrogens is 190 g/mol. The quantitative estimate of drug-likeness (QED) is 0.715. The molecule has 1 fully saturated rings. The summed E-state index contributed by atoms with van der Waals surface area (Å²) in [6.07, 6.45) is 1.03. The van der Waals surface area contributed by atoms with E-state index in [0.29, 0.717) is 18.4 Å². The molecule has 3 heteroatoms. The first-order chi connectivity index (χ1) is 7.04. The highest BCUT2D eigenvalue weighted by Crippen LogP contribution is 2.15. The molecule has 1 aliphatic rings. The molecular formula is C12H23NO2. The van der Waals surface area contributed by atoms with Crippen LogP contribution in [0.2, 0.25) is 0 Å². The van der Waals surface area contributed by atoms with E-state index in [1.165, 1.54) is 0 Å². The van der Waals surface area contributed by atoms with Crippen LogP contribution in [0.15, 0.2) is 0 Å². The van der Waals surface area contributed by atoms with Crippen LogP contribution in [0.25, 0.3) is 0 Å². The molecule has 0 aromatic carbocycles.